The molecule has 11 heavy (non-hydrogen) atoms. The normalized spacial score (nSPS) is 32.5. The number of rotatable bonds is 1. The fourth-order valence-corrected chi connectivity index (χ4v) is 0.706. The monoisotopic (exact) mass is 162 g/mol. The number of alkyl halides is 3. The summed E-state index contributed by atoms with van der Waals surface area (Å²) in [6.07, 6.45) is -8.90. The first-order valence-corrected chi connectivity index (χ1v) is 2.81. The van der Waals surface area contributed by atoms with E-state index >= 15 is 0 Å². The Labute approximate surface area is 73.9 Å². The minimum Gasteiger partial charge on any atom is -0.844 e. The van der Waals surface area contributed by atoms with E-state index < -0.39 is 24.5 Å². The predicted octanol–water partition coefficient (Wildman–Crippen LogP) is -2.93. The Morgan fingerprint density at radius 3 is 1.91 bits per heavy atom. The summed E-state index contributed by atoms with van der Waals surface area (Å²) in [5, 5.41) is 10.3. The van der Waals surface area contributed by atoms with E-state index in [1.54, 1.807) is 0 Å². The number of halogens is 3. The fourth-order valence-electron chi connectivity index (χ4n) is 0.706. The molecule has 0 saturated carbocycles. The molecule has 1 heterocycles. The molecule has 2 nitrogen and oxygen atoms in total. The molecule has 0 aromatic heterocycles. The molecule has 0 unspecified atom stereocenters. The van der Waals surface area contributed by atoms with Crippen LogP contribution in [0.5, 0.6) is 0 Å². The second kappa shape index (κ2) is 3.36. The largest absolute Gasteiger partial charge is 1.00 e. The standard InChI is InChI=1S/C5H6F3O2.Li/c1-2-3(10-2)4(9)5(6,7)8;/h2-4H,1H3;/q-1;+1/t2-,3-,4-;/m0./s1. The van der Waals surface area contributed by atoms with Crippen LogP contribution in [0, 0.1) is 0 Å². The molecule has 0 N–H and O–H groups in total. The van der Waals surface area contributed by atoms with Gasteiger partial charge in [-0.3, -0.25) is 0 Å². The summed E-state index contributed by atoms with van der Waals surface area (Å²) in [4.78, 5) is 0. The summed E-state index contributed by atoms with van der Waals surface area (Å²) in [6.45, 7) is 1.45. The van der Waals surface area contributed by atoms with Gasteiger partial charge < -0.3 is 9.84 Å². The van der Waals surface area contributed by atoms with Gasteiger partial charge in [-0.05, 0) is 6.92 Å². The molecular weight excluding hydrogens is 156 g/mol. The molecule has 0 amide bonds. The zero-order valence-corrected chi connectivity index (χ0v) is 6.18. The van der Waals surface area contributed by atoms with Crippen LogP contribution >= 0.6 is 0 Å². The maximum Gasteiger partial charge on any atom is 1.00 e. The number of hydrogen-bond donors (Lipinski definition) is 0. The van der Waals surface area contributed by atoms with Crippen LogP contribution in [0.3, 0.4) is 0 Å². The molecule has 0 radical (unpaired) electrons. The fraction of sp³-hybridized carbons (Fsp3) is 1.00. The van der Waals surface area contributed by atoms with Crippen LogP contribution in [0.2, 0.25) is 0 Å². The van der Waals surface area contributed by atoms with Crippen LogP contribution in [0.1, 0.15) is 6.92 Å². The molecule has 6 heteroatoms. The maximum absolute atomic E-state index is 11.5. The first-order chi connectivity index (χ1) is 4.43. The third kappa shape index (κ3) is 2.67. The van der Waals surface area contributed by atoms with Crippen LogP contribution in [-0.4, -0.2) is 24.5 Å². The van der Waals surface area contributed by atoms with Crippen molar-refractivity contribution < 1.29 is 41.9 Å². The third-order valence-corrected chi connectivity index (χ3v) is 1.38. The van der Waals surface area contributed by atoms with Crippen molar-refractivity contribution in [3.8, 4) is 0 Å². The molecule has 1 aliphatic heterocycles. The minimum absolute atomic E-state index is 0. The van der Waals surface area contributed by atoms with E-state index in [9.17, 15) is 18.3 Å². The third-order valence-electron chi connectivity index (χ3n) is 1.38. The van der Waals surface area contributed by atoms with Crippen molar-refractivity contribution in [2.45, 2.75) is 31.4 Å². The Morgan fingerprint density at radius 1 is 1.45 bits per heavy atom. The van der Waals surface area contributed by atoms with Gasteiger partial charge in [0.1, 0.15) is 0 Å². The van der Waals surface area contributed by atoms with E-state index in [4.69, 9.17) is 0 Å². The molecule has 1 saturated heterocycles. The Bertz CT molecular complexity index is 138. The van der Waals surface area contributed by atoms with Crippen molar-refractivity contribution in [1.82, 2.24) is 0 Å². The number of hydrogen-bond acceptors (Lipinski definition) is 2. The van der Waals surface area contributed by atoms with Gasteiger partial charge in [0.2, 0.25) is 0 Å². The van der Waals surface area contributed by atoms with Crippen molar-refractivity contribution in [1.29, 1.82) is 0 Å². The van der Waals surface area contributed by atoms with Gasteiger partial charge in [0.15, 0.2) is 0 Å². The van der Waals surface area contributed by atoms with E-state index in [0.717, 1.165) is 0 Å². The predicted molar refractivity (Wildman–Crippen MR) is 24.2 cm³/mol. The Kier molecular flexibility index (Phi) is 3.45. The number of epoxide rings is 1. The molecule has 0 spiro atoms. The van der Waals surface area contributed by atoms with Crippen molar-refractivity contribution in [2.24, 2.45) is 0 Å². The molecule has 60 valence electrons. The van der Waals surface area contributed by atoms with Crippen LogP contribution in [-0.2, 0) is 4.74 Å². The minimum atomic E-state index is -4.66. The second-order valence-electron chi connectivity index (χ2n) is 2.27. The van der Waals surface area contributed by atoms with Crippen LogP contribution in [0.4, 0.5) is 13.2 Å². The first kappa shape index (κ1) is 11.3. The molecule has 1 rings (SSSR count). The Balaban J connectivity index is 0.000001000. The second-order valence-corrected chi connectivity index (χ2v) is 2.27. The molecule has 0 bridgehead atoms. The summed E-state index contributed by atoms with van der Waals surface area (Å²) in [5.41, 5.74) is 0. The number of ether oxygens (including phenoxy) is 1. The molecule has 1 aliphatic rings. The van der Waals surface area contributed by atoms with Crippen molar-refractivity contribution >= 4 is 0 Å². The smallest absolute Gasteiger partial charge is 0.844 e. The average Bonchev–Trinajstić information content (AvgIpc) is 2.42. The van der Waals surface area contributed by atoms with Gasteiger partial charge in [-0.25, -0.2) is 0 Å². The summed E-state index contributed by atoms with van der Waals surface area (Å²) < 4.78 is 38.9. The first-order valence-electron chi connectivity index (χ1n) is 2.81. The molecule has 1 fully saturated rings. The summed E-state index contributed by atoms with van der Waals surface area (Å²) in [7, 11) is 0. The van der Waals surface area contributed by atoms with Crippen LogP contribution < -0.4 is 24.0 Å². The zero-order valence-electron chi connectivity index (χ0n) is 6.18. The molecule has 3 atom stereocenters. The van der Waals surface area contributed by atoms with Gasteiger partial charge in [0.25, 0.3) is 0 Å². The average molecular weight is 162 g/mol. The quantitative estimate of drug-likeness (QED) is 0.305. The van der Waals surface area contributed by atoms with Crippen molar-refractivity contribution in [2.75, 3.05) is 0 Å². The van der Waals surface area contributed by atoms with Crippen LogP contribution in [0.15, 0.2) is 0 Å². The van der Waals surface area contributed by atoms with Crippen molar-refractivity contribution in [3.05, 3.63) is 0 Å². The summed E-state index contributed by atoms with van der Waals surface area (Å²) in [5.74, 6) is 0. The van der Waals surface area contributed by atoms with Crippen LogP contribution in [0.25, 0.3) is 0 Å². The molecule has 0 aromatic rings. The van der Waals surface area contributed by atoms with E-state index in [1.165, 1.54) is 6.92 Å². The Hall–Kier alpha value is 0.307. The van der Waals surface area contributed by atoms with E-state index in [2.05, 4.69) is 4.74 Å². The topological polar surface area (TPSA) is 35.6 Å². The zero-order chi connectivity index (χ0) is 7.94. The van der Waals surface area contributed by atoms with E-state index in [0.29, 0.717) is 0 Å². The summed E-state index contributed by atoms with van der Waals surface area (Å²) in [6, 6.07) is 0. The maximum atomic E-state index is 11.5. The van der Waals surface area contributed by atoms with Crippen molar-refractivity contribution in [3.63, 3.8) is 0 Å². The van der Waals surface area contributed by atoms with Gasteiger partial charge in [-0.1, -0.05) is 0 Å². The molecule has 0 aliphatic carbocycles. The summed E-state index contributed by atoms with van der Waals surface area (Å²) >= 11 is 0. The van der Waals surface area contributed by atoms with Gasteiger partial charge in [-0.15, -0.1) is 0 Å². The van der Waals surface area contributed by atoms with E-state index in [-0.39, 0.29) is 18.9 Å². The van der Waals surface area contributed by atoms with E-state index in [1.807, 2.05) is 0 Å². The SMILES string of the molecule is C[C@@H]1O[C@@H]1[C@H]([O-])C(F)(F)F.[Li+]. The molecular formula is C5H6F3LiO2. The molecule has 0 aromatic carbocycles. The Morgan fingerprint density at radius 2 is 1.82 bits per heavy atom. The van der Waals surface area contributed by atoms with Gasteiger partial charge >= 0.3 is 25.0 Å². The van der Waals surface area contributed by atoms with Gasteiger partial charge in [-0.2, -0.15) is 13.2 Å². The van der Waals surface area contributed by atoms with Gasteiger partial charge in [0.05, 0.1) is 12.2 Å². The van der Waals surface area contributed by atoms with Gasteiger partial charge in [0, 0.05) is 6.10 Å².